The highest BCUT2D eigenvalue weighted by atomic mass is 16.4. The van der Waals surface area contributed by atoms with Gasteiger partial charge < -0.3 is 15.0 Å². The van der Waals surface area contributed by atoms with Crippen LogP contribution in [0.2, 0.25) is 0 Å². The number of carboxylic acids is 1. The summed E-state index contributed by atoms with van der Waals surface area (Å²) in [6.45, 7) is 1.22. The first kappa shape index (κ1) is 12.2. The summed E-state index contributed by atoms with van der Waals surface area (Å²) in [5, 5.41) is 16.0. The zero-order chi connectivity index (χ0) is 13.9. The first-order chi connectivity index (χ1) is 9.72. The summed E-state index contributed by atoms with van der Waals surface area (Å²) in [6, 6.07) is 3.65. The van der Waals surface area contributed by atoms with Crippen LogP contribution in [0.5, 0.6) is 0 Å². The van der Waals surface area contributed by atoms with Gasteiger partial charge >= 0.3 is 5.97 Å². The van der Waals surface area contributed by atoms with E-state index in [1.165, 1.54) is 12.5 Å². The molecule has 0 saturated heterocycles. The fourth-order valence-electron chi connectivity index (χ4n) is 1.82. The van der Waals surface area contributed by atoms with Crippen LogP contribution in [0.1, 0.15) is 10.5 Å². The lowest BCUT2D eigenvalue weighted by Gasteiger charge is -2.06. The zero-order valence-corrected chi connectivity index (χ0v) is 10.5. The topological polar surface area (TPSA) is 97.3 Å². The van der Waals surface area contributed by atoms with Crippen molar-refractivity contribution in [2.24, 2.45) is 0 Å². The van der Waals surface area contributed by atoms with Crippen molar-refractivity contribution in [1.82, 2.24) is 24.1 Å². The molecule has 0 aliphatic rings. The molecule has 0 saturated carbocycles. The number of hydrogen-bond donors (Lipinski definition) is 2. The summed E-state index contributed by atoms with van der Waals surface area (Å²) in [7, 11) is 0. The van der Waals surface area contributed by atoms with Gasteiger partial charge in [0.1, 0.15) is 5.82 Å². The molecular weight excluding hydrogens is 260 g/mol. The minimum absolute atomic E-state index is 0.0452. The number of nitrogens with one attached hydrogen (secondary N) is 1. The fraction of sp³-hybridized carbons (Fsp3) is 0.167. The van der Waals surface area contributed by atoms with Gasteiger partial charge in [-0.3, -0.25) is 0 Å². The maximum Gasteiger partial charge on any atom is 0.356 e. The minimum atomic E-state index is -1.02. The minimum Gasteiger partial charge on any atom is -0.476 e. The summed E-state index contributed by atoms with van der Waals surface area (Å²) in [6.07, 6.45) is 6.51. The largest absolute Gasteiger partial charge is 0.476 e. The van der Waals surface area contributed by atoms with Gasteiger partial charge in [0.05, 0.1) is 12.5 Å². The summed E-state index contributed by atoms with van der Waals surface area (Å²) >= 11 is 0. The predicted octanol–water partition coefficient (Wildman–Crippen LogP) is 0.736. The summed E-state index contributed by atoms with van der Waals surface area (Å²) in [5.41, 5.74) is 0.814. The summed E-state index contributed by atoms with van der Waals surface area (Å²) < 4.78 is 3.40. The number of rotatable bonds is 5. The number of nitrogens with zero attached hydrogens (tertiary/aromatic N) is 5. The van der Waals surface area contributed by atoms with Gasteiger partial charge in [-0.15, -0.1) is 0 Å². The van der Waals surface area contributed by atoms with Crippen molar-refractivity contribution in [3.63, 3.8) is 0 Å². The number of fused-ring (bicyclic) bond motifs is 1. The van der Waals surface area contributed by atoms with Gasteiger partial charge in [0.25, 0.3) is 0 Å². The molecule has 0 bridgehead atoms. The quantitative estimate of drug-likeness (QED) is 0.711. The van der Waals surface area contributed by atoms with E-state index in [0.29, 0.717) is 13.1 Å². The van der Waals surface area contributed by atoms with Crippen molar-refractivity contribution in [1.29, 1.82) is 0 Å². The van der Waals surface area contributed by atoms with Crippen molar-refractivity contribution in [3.8, 4) is 0 Å². The molecule has 0 spiro atoms. The molecule has 3 aromatic heterocycles. The molecule has 0 aromatic carbocycles. The van der Waals surface area contributed by atoms with E-state index in [0.717, 1.165) is 11.5 Å². The smallest absolute Gasteiger partial charge is 0.356 e. The molecule has 0 fully saturated rings. The van der Waals surface area contributed by atoms with Gasteiger partial charge in [-0.05, 0) is 6.07 Å². The van der Waals surface area contributed by atoms with E-state index in [-0.39, 0.29) is 5.69 Å². The molecule has 0 radical (unpaired) electrons. The second kappa shape index (κ2) is 5.00. The Morgan fingerprint density at radius 3 is 3.10 bits per heavy atom. The van der Waals surface area contributed by atoms with Crippen molar-refractivity contribution in [3.05, 3.63) is 42.7 Å². The van der Waals surface area contributed by atoms with Crippen LogP contribution in [0.15, 0.2) is 37.1 Å². The van der Waals surface area contributed by atoms with E-state index in [1.807, 2.05) is 18.3 Å². The number of carbonyl (C=O) groups is 1. The van der Waals surface area contributed by atoms with Crippen LogP contribution in [-0.2, 0) is 6.54 Å². The van der Waals surface area contributed by atoms with Gasteiger partial charge in [-0.1, -0.05) is 0 Å². The Labute approximate surface area is 113 Å². The Morgan fingerprint density at radius 1 is 1.40 bits per heavy atom. The average Bonchev–Trinajstić information content (AvgIpc) is 3.06. The first-order valence-corrected chi connectivity index (χ1v) is 6.02. The van der Waals surface area contributed by atoms with E-state index in [2.05, 4.69) is 20.4 Å². The van der Waals surface area contributed by atoms with E-state index < -0.39 is 5.97 Å². The molecule has 3 heterocycles. The first-order valence-electron chi connectivity index (χ1n) is 6.02. The lowest BCUT2D eigenvalue weighted by molar-refractivity contribution is 0.0691. The number of aromatic carboxylic acids is 1. The Balaban J connectivity index is 1.59. The lowest BCUT2D eigenvalue weighted by Crippen LogP contribution is -2.10. The highest BCUT2D eigenvalue weighted by molar-refractivity contribution is 5.84. The van der Waals surface area contributed by atoms with Gasteiger partial charge in [-0.2, -0.15) is 5.10 Å². The third-order valence-corrected chi connectivity index (χ3v) is 2.79. The van der Waals surface area contributed by atoms with Crippen molar-refractivity contribution in [2.45, 2.75) is 6.54 Å². The van der Waals surface area contributed by atoms with Crippen LogP contribution in [-0.4, -0.2) is 41.8 Å². The van der Waals surface area contributed by atoms with Crippen LogP contribution >= 0.6 is 0 Å². The highest BCUT2D eigenvalue weighted by Gasteiger charge is 2.06. The maximum atomic E-state index is 10.7. The van der Waals surface area contributed by atoms with Crippen LogP contribution in [0.25, 0.3) is 5.65 Å². The van der Waals surface area contributed by atoms with E-state index in [4.69, 9.17) is 5.11 Å². The molecule has 8 nitrogen and oxygen atoms in total. The fourth-order valence-corrected chi connectivity index (χ4v) is 1.82. The number of carboxylic acid groups (broad SMARTS) is 1. The number of hydrogen-bond acceptors (Lipinski definition) is 5. The van der Waals surface area contributed by atoms with Gasteiger partial charge in [-0.25, -0.2) is 19.3 Å². The van der Waals surface area contributed by atoms with Crippen LogP contribution in [0, 0.1) is 0 Å². The third-order valence-electron chi connectivity index (χ3n) is 2.79. The van der Waals surface area contributed by atoms with Crippen LogP contribution in [0.4, 0.5) is 5.82 Å². The van der Waals surface area contributed by atoms with Crippen LogP contribution in [0.3, 0.4) is 0 Å². The van der Waals surface area contributed by atoms with Crippen molar-refractivity contribution in [2.75, 3.05) is 11.9 Å². The molecule has 3 rings (SSSR count). The van der Waals surface area contributed by atoms with E-state index in [9.17, 15) is 4.79 Å². The Bertz CT molecular complexity index is 747. The number of aromatic nitrogens is 5. The van der Waals surface area contributed by atoms with Crippen molar-refractivity contribution >= 4 is 17.4 Å². The monoisotopic (exact) mass is 272 g/mol. The average molecular weight is 272 g/mol. The molecule has 3 aromatic rings. The molecule has 0 amide bonds. The van der Waals surface area contributed by atoms with Gasteiger partial charge in [0.2, 0.25) is 0 Å². The number of anilines is 1. The normalized spacial score (nSPS) is 10.8. The SMILES string of the molecule is O=C(O)c1cn(CCNc2ccn3nccc3n2)cn1. The molecule has 20 heavy (non-hydrogen) atoms. The van der Waals surface area contributed by atoms with E-state index in [1.54, 1.807) is 15.3 Å². The predicted molar refractivity (Wildman–Crippen MR) is 70.7 cm³/mol. The summed E-state index contributed by atoms with van der Waals surface area (Å²) in [5.74, 6) is -0.277. The van der Waals surface area contributed by atoms with Gasteiger partial charge in [0, 0.05) is 31.5 Å². The maximum absolute atomic E-state index is 10.7. The molecule has 0 aliphatic carbocycles. The molecule has 102 valence electrons. The molecule has 8 heteroatoms. The second-order valence-electron chi connectivity index (χ2n) is 4.18. The third kappa shape index (κ3) is 2.44. The van der Waals surface area contributed by atoms with Gasteiger partial charge in [0.15, 0.2) is 11.3 Å². The standard InChI is InChI=1S/C12H12N6O2/c19-12(20)9-7-17(8-14-9)6-4-13-10-2-5-18-11(16-10)1-3-15-18/h1-3,5,7-8H,4,6H2,(H,13,16)(H,19,20). The Morgan fingerprint density at radius 2 is 2.30 bits per heavy atom. The zero-order valence-electron chi connectivity index (χ0n) is 10.5. The molecular formula is C12H12N6O2. The molecule has 2 N–H and O–H groups in total. The Hall–Kier alpha value is -2.90. The second-order valence-corrected chi connectivity index (χ2v) is 4.18. The van der Waals surface area contributed by atoms with Crippen LogP contribution < -0.4 is 5.32 Å². The lowest BCUT2D eigenvalue weighted by atomic mass is 10.5. The molecule has 0 aliphatic heterocycles. The highest BCUT2D eigenvalue weighted by Crippen LogP contribution is 2.05. The summed E-state index contributed by atoms with van der Waals surface area (Å²) in [4.78, 5) is 18.9. The Kier molecular flexibility index (Phi) is 3.04. The number of imidazole rings is 1. The van der Waals surface area contributed by atoms with E-state index >= 15 is 0 Å². The molecule has 0 unspecified atom stereocenters. The van der Waals surface area contributed by atoms with Crippen molar-refractivity contribution < 1.29 is 9.90 Å². The molecule has 0 atom stereocenters.